The van der Waals surface area contributed by atoms with E-state index in [4.69, 9.17) is 0 Å². The molecule has 0 amide bonds. The number of hydrogen-bond donors (Lipinski definition) is 2. The molecule has 4 aromatic rings. The summed E-state index contributed by atoms with van der Waals surface area (Å²) in [5, 5.41) is 1.16. The van der Waals surface area contributed by atoms with Crippen LogP contribution in [0, 0.1) is 0 Å². The molecule has 4 rings (SSSR count). The summed E-state index contributed by atoms with van der Waals surface area (Å²) in [5.74, 6) is 0. The van der Waals surface area contributed by atoms with Gasteiger partial charge in [0.15, 0.2) is 0 Å². The van der Waals surface area contributed by atoms with Crippen LogP contribution in [0.4, 0.5) is 0 Å². The van der Waals surface area contributed by atoms with Crippen molar-refractivity contribution < 1.29 is 0 Å². The van der Waals surface area contributed by atoms with Crippen molar-refractivity contribution in [2.45, 2.75) is 0 Å². The zero-order chi connectivity index (χ0) is 11.9. The first kappa shape index (κ1) is 9.48. The SMILES string of the molecule is c1c[nH]c(-c2c3ccccc3nc3cc[nH]c23)c1. The summed E-state index contributed by atoms with van der Waals surface area (Å²) >= 11 is 0. The quantitative estimate of drug-likeness (QED) is 0.517. The van der Waals surface area contributed by atoms with Crippen molar-refractivity contribution >= 4 is 21.9 Å². The molecule has 0 unspecified atom stereocenters. The van der Waals surface area contributed by atoms with Crippen LogP contribution in [-0.2, 0) is 0 Å². The molecule has 3 aromatic heterocycles. The van der Waals surface area contributed by atoms with E-state index in [2.05, 4.69) is 27.1 Å². The van der Waals surface area contributed by atoms with Crippen LogP contribution in [0.25, 0.3) is 33.2 Å². The maximum atomic E-state index is 4.66. The molecule has 0 spiro atoms. The smallest absolute Gasteiger partial charge is 0.0893 e. The Balaban J connectivity index is 2.27. The molecule has 0 saturated heterocycles. The molecule has 0 aliphatic rings. The lowest BCUT2D eigenvalue weighted by Crippen LogP contribution is -1.87. The summed E-state index contributed by atoms with van der Waals surface area (Å²) in [5.41, 5.74) is 5.40. The first-order valence-corrected chi connectivity index (χ1v) is 5.93. The van der Waals surface area contributed by atoms with E-state index < -0.39 is 0 Å². The number of pyridine rings is 1. The number of nitrogens with one attached hydrogen (secondary N) is 2. The van der Waals surface area contributed by atoms with E-state index >= 15 is 0 Å². The molecule has 3 nitrogen and oxygen atoms in total. The number of benzene rings is 1. The maximum absolute atomic E-state index is 4.66. The predicted octanol–water partition coefficient (Wildman–Crippen LogP) is 3.71. The number of aromatic nitrogens is 3. The highest BCUT2D eigenvalue weighted by Crippen LogP contribution is 2.32. The predicted molar refractivity (Wildman–Crippen MR) is 73.4 cm³/mol. The molecule has 0 atom stereocenters. The van der Waals surface area contributed by atoms with Gasteiger partial charge in [0.1, 0.15) is 0 Å². The summed E-state index contributed by atoms with van der Waals surface area (Å²) in [6.07, 6.45) is 3.88. The number of fused-ring (bicyclic) bond motifs is 2. The molecular formula is C15H11N3. The van der Waals surface area contributed by atoms with Gasteiger partial charge in [0.2, 0.25) is 0 Å². The molecule has 0 radical (unpaired) electrons. The van der Waals surface area contributed by atoms with Crippen molar-refractivity contribution in [2.24, 2.45) is 0 Å². The second kappa shape index (κ2) is 3.47. The Morgan fingerprint density at radius 2 is 1.72 bits per heavy atom. The summed E-state index contributed by atoms with van der Waals surface area (Å²) in [7, 11) is 0. The maximum Gasteiger partial charge on any atom is 0.0893 e. The van der Waals surface area contributed by atoms with E-state index in [1.165, 1.54) is 5.56 Å². The molecule has 3 heteroatoms. The van der Waals surface area contributed by atoms with Gasteiger partial charge in [0, 0.05) is 29.0 Å². The monoisotopic (exact) mass is 233 g/mol. The second-order valence-electron chi connectivity index (χ2n) is 4.33. The summed E-state index contributed by atoms with van der Waals surface area (Å²) in [4.78, 5) is 11.2. The zero-order valence-electron chi connectivity index (χ0n) is 9.64. The van der Waals surface area contributed by atoms with Crippen LogP contribution in [-0.4, -0.2) is 15.0 Å². The molecule has 0 bridgehead atoms. The van der Waals surface area contributed by atoms with E-state index in [9.17, 15) is 0 Å². The Morgan fingerprint density at radius 1 is 0.778 bits per heavy atom. The van der Waals surface area contributed by atoms with Crippen LogP contribution in [0.5, 0.6) is 0 Å². The Morgan fingerprint density at radius 3 is 2.61 bits per heavy atom. The van der Waals surface area contributed by atoms with Crippen molar-refractivity contribution in [3.05, 3.63) is 54.9 Å². The Kier molecular flexibility index (Phi) is 1.83. The molecule has 3 heterocycles. The van der Waals surface area contributed by atoms with E-state index in [0.717, 1.165) is 27.6 Å². The molecule has 2 N–H and O–H groups in total. The number of aromatic amines is 2. The highest BCUT2D eigenvalue weighted by atomic mass is 14.8. The number of hydrogen-bond acceptors (Lipinski definition) is 1. The lowest BCUT2D eigenvalue weighted by molar-refractivity contribution is 1.39. The van der Waals surface area contributed by atoms with E-state index in [1.807, 2.05) is 42.7 Å². The fourth-order valence-corrected chi connectivity index (χ4v) is 2.47. The van der Waals surface area contributed by atoms with Crippen molar-refractivity contribution in [1.29, 1.82) is 0 Å². The topological polar surface area (TPSA) is 44.5 Å². The largest absolute Gasteiger partial charge is 0.361 e. The number of para-hydroxylation sites is 1. The van der Waals surface area contributed by atoms with Gasteiger partial charge in [-0.25, -0.2) is 4.98 Å². The van der Waals surface area contributed by atoms with Crippen LogP contribution in [0.1, 0.15) is 0 Å². The molecule has 1 aromatic carbocycles. The van der Waals surface area contributed by atoms with Gasteiger partial charge in [-0.05, 0) is 24.3 Å². The Bertz CT molecular complexity index is 825. The molecule has 0 fully saturated rings. The van der Waals surface area contributed by atoms with Gasteiger partial charge in [-0.3, -0.25) is 0 Å². The fraction of sp³-hybridized carbons (Fsp3) is 0. The van der Waals surface area contributed by atoms with E-state index in [-0.39, 0.29) is 0 Å². The lowest BCUT2D eigenvalue weighted by atomic mass is 10.0. The molecular weight excluding hydrogens is 222 g/mol. The standard InChI is InChI=1S/C15H11N3/c1-2-5-11-10(4-1)14(12-6-3-8-16-12)15-13(18-11)7-9-17-15/h1-9,16-17H. The van der Waals surface area contributed by atoms with Gasteiger partial charge >= 0.3 is 0 Å². The summed E-state index contributed by atoms with van der Waals surface area (Å²) < 4.78 is 0. The molecule has 0 saturated carbocycles. The average Bonchev–Trinajstić information content (AvgIpc) is 3.06. The second-order valence-corrected chi connectivity index (χ2v) is 4.33. The lowest BCUT2D eigenvalue weighted by Gasteiger charge is -2.06. The van der Waals surface area contributed by atoms with Crippen LogP contribution in [0.2, 0.25) is 0 Å². The highest BCUT2D eigenvalue weighted by Gasteiger charge is 2.11. The van der Waals surface area contributed by atoms with Crippen molar-refractivity contribution in [3.8, 4) is 11.3 Å². The third-order valence-electron chi connectivity index (χ3n) is 3.26. The number of H-pyrrole nitrogens is 2. The number of rotatable bonds is 1. The van der Waals surface area contributed by atoms with E-state index in [0.29, 0.717) is 0 Å². The Hall–Kier alpha value is -2.55. The van der Waals surface area contributed by atoms with Gasteiger partial charge in [-0.2, -0.15) is 0 Å². The summed E-state index contributed by atoms with van der Waals surface area (Å²) in [6.45, 7) is 0. The molecule has 0 aliphatic carbocycles. The van der Waals surface area contributed by atoms with Gasteiger partial charge in [0.05, 0.1) is 16.6 Å². The Labute approximate surface area is 103 Å². The van der Waals surface area contributed by atoms with Gasteiger partial charge < -0.3 is 9.97 Å². The third kappa shape index (κ3) is 1.21. The van der Waals surface area contributed by atoms with Crippen LogP contribution in [0.3, 0.4) is 0 Å². The minimum absolute atomic E-state index is 0.998. The van der Waals surface area contributed by atoms with E-state index in [1.54, 1.807) is 0 Å². The van der Waals surface area contributed by atoms with Crippen LogP contribution in [0.15, 0.2) is 54.9 Å². The van der Waals surface area contributed by atoms with Gasteiger partial charge in [-0.1, -0.05) is 18.2 Å². The van der Waals surface area contributed by atoms with Crippen LogP contribution >= 0.6 is 0 Å². The average molecular weight is 233 g/mol. The molecule has 86 valence electrons. The molecule has 18 heavy (non-hydrogen) atoms. The first-order valence-electron chi connectivity index (χ1n) is 5.93. The summed E-state index contributed by atoms with van der Waals surface area (Å²) in [6, 6.07) is 14.3. The van der Waals surface area contributed by atoms with Gasteiger partial charge in [0.25, 0.3) is 0 Å². The highest BCUT2D eigenvalue weighted by molar-refractivity contribution is 6.07. The minimum Gasteiger partial charge on any atom is -0.361 e. The van der Waals surface area contributed by atoms with Gasteiger partial charge in [-0.15, -0.1) is 0 Å². The zero-order valence-corrected chi connectivity index (χ0v) is 9.64. The van der Waals surface area contributed by atoms with Crippen LogP contribution < -0.4 is 0 Å². The normalized spacial score (nSPS) is 11.3. The number of nitrogens with zero attached hydrogens (tertiary/aromatic N) is 1. The van der Waals surface area contributed by atoms with Crippen molar-refractivity contribution in [2.75, 3.05) is 0 Å². The minimum atomic E-state index is 0.998. The third-order valence-corrected chi connectivity index (χ3v) is 3.26. The molecule has 0 aliphatic heterocycles. The fourth-order valence-electron chi connectivity index (χ4n) is 2.47. The first-order chi connectivity index (χ1) is 8.93. The van der Waals surface area contributed by atoms with Crippen molar-refractivity contribution in [3.63, 3.8) is 0 Å². The van der Waals surface area contributed by atoms with Crippen molar-refractivity contribution in [1.82, 2.24) is 15.0 Å².